The highest BCUT2D eigenvalue weighted by Gasteiger charge is 2.20. The predicted molar refractivity (Wildman–Crippen MR) is 153 cm³/mol. The van der Waals surface area contributed by atoms with Crippen LogP contribution in [0.15, 0.2) is 60.7 Å². The minimum absolute atomic E-state index is 1.10. The second-order valence-electron chi connectivity index (χ2n) is 11.1. The Hall–Kier alpha value is -1.72. The molecule has 2 aliphatic rings. The van der Waals surface area contributed by atoms with E-state index in [4.69, 9.17) is 0 Å². The molecule has 4 heteroatoms. The SMILES string of the molecule is c1ccc(CN2CCN(CCCCCCCCCCCCN3CCN(Cc4ccccc4)C3)C2)cc1. The molecule has 0 spiro atoms. The maximum atomic E-state index is 2.64. The lowest BCUT2D eigenvalue weighted by Gasteiger charge is -2.18. The van der Waals surface area contributed by atoms with Gasteiger partial charge in [-0.1, -0.05) is 112 Å². The zero-order valence-electron chi connectivity index (χ0n) is 22.7. The van der Waals surface area contributed by atoms with Crippen molar-refractivity contribution in [3.05, 3.63) is 71.8 Å². The first kappa shape index (κ1) is 27.3. The Morgan fingerprint density at radius 2 is 0.722 bits per heavy atom. The average molecular weight is 491 g/mol. The number of rotatable bonds is 17. The van der Waals surface area contributed by atoms with E-state index in [0.29, 0.717) is 0 Å². The Balaban J connectivity index is 0.898. The summed E-state index contributed by atoms with van der Waals surface area (Å²) in [5.41, 5.74) is 2.88. The first-order chi connectivity index (χ1) is 17.8. The van der Waals surface area contributed by atoms with Crippen molar-refractivity contribution in [2.45, 2.75) is 77.3 Å². The fourth-order valence-corrected chi connectivity index (χ4v) is 5.81. The molecule has 2 fully saturated rings. The summed E-state index contributed by atoms with van der Waals surface area (Å²) in [7, 11) is 0. The van der Waals surface area contributed by atoms with Crippen LogP contribution in [0.25, 0.3) is 0 Å². The highest BCUT2D eigenvalue weighted by atomic mass is 15.4. The van der Waals surface area contributed by atoms with Crippen LogP contribution < -0.4 is 0 Å². The van der Waals surface area contributed by atoms with Gasteiger partial charge in [0, 0.05) is 39.3 Å². The minimum atomic E-state index is 1.10. The lowest BCUT2D eigenvalue weighted by Crippen LogP contribution is -2.26. The van der Waals surface area contributed by atoms with E-state index in [2.05, 4.69) is 80.3 Å². The lowest BCUT2D eigenvalue weighted by atomic mass is 10.1. The van der Waals surface area contributed by atoms with Gasteiger partial charge in [-0.25, -0.2) is 0 Å². The molecule has 0 bridgehead atoms. The Bertz CT molecular complexity index is 742. The third kappa shape index (κ3) is 10.3. The fraction of sp³-hybridized carbons (Fsp3) is 0.625. The van der Waals surface area contributed by atoms with Crippen molar-refractivity contribution in [1.82, 2.24) is 19.6 Å². The number of benzene rings is 2. The summed E-state index contributed by atoms with van der Waals surface area (Å²) in [6.07, 6.45) is 14.2. The van der Waals surface area contributed by atoms with Crippen molar-refractivity contribution < 1.29 is 0 Å². The molecule has 2 aromatic rings. The third-order valence-electron chi connectivity index (χ3n) is 7.96. The minimum Gasteiger partial charge on any atom is -0.289 e. The molecule has 36 heavy (non-hydrogen) atoms. The van der Waals surface area contributed by atoms with E-state index in [1.165, 1.54) is 115 Å². The summed E-state index contributed by atoms with van der Waals surface area (Å²) in [5, 5.41) is 0. The normalized spacial score (nSPS) is 17.9. The molecule has 0 atom stereocenters. The van der Waals surface area contributed by atoms with Gasteiger partial charge < -0.3 is 0 Å². The van der Waals surface area contributed by atoms with Crippen LogP contribution in [0.1, 0.15) is 75.3 Å². The van der Waals surface area contributed by atoms with Gasteiger partial charge in [0.2, 0.25) is 0 Å². The van der Waals surface area contributed by atoms with E-state index in [1.807, 2.05) is 0 Å². The van der Waals surface area contributed by atoms with Gasteiger partial charge in [-0.2, -0.15) is 0 Å². The summed E-state index contributed by atoms with van der Waals surface area (Å²) in [5.74, 6) is 0. The standard InChI is InChI=1S/C32H50N4/c1(3-5-7-15-21-33-23-25-35(29-33)27-31-17-11-9-12-18-31)2-4-6-8-16-22-34-24-26-36(30-34)28-32-19-13-10-14-20-32/h9-14,17-20H,1-8,15-16,21-30H2. The zero-order valence-corrected chi connectivity index (χ0v) is 22.7. The van der Waals surface area contributed by atoms with Gasteiger partial charge in [0.05, 0.1) is 13.3 Å². The summed E-state index contributed by atoms with van der Waals surface area (Å²) < 4.78 is 0. The van der Waals surface area contributed by atoms with E-state index in [9.17, 15) is 0 Å². The van der Waals surface area contributed by atoms with Crippen LogP contribution in [-0.2, 0) is 13.1 Å². The predicted octanol–water partition coefficient (Wildman–Crippen LogP) is 6.44. The maximum Gasteiger partial charge on any atom is 0.0510 e. The van der Waals surface area contributed by atoms with Crippen LogP contribution in [0.4, 0.5) is 0 Å². The molecule has 2 aromatic carbocycles. The lowest BCUT2D eigenvalue weighted by molar-refractivity contribution is 0.236. The molecule has 0 saturated carbocycles. The third-order valence-corrected chi connectivity index (χ3v) is 7.96. The number of nitrogens with zero attached hydrogens (tertiary/aromatic N) is 4. The molecule has 0 unspecified atom stereocenters. The quantitative estimate of drug-likeness (QED) is 0.237. The average Bonchev–Trinajstić information content (AvgIpc) is 3.55. The van der Waals surface area contributed by atoms with Crippen LogP contribution in [0, 0.1) is 0 Å². The molecular weight excluding hydrogens is 440 g/mol. The van der Waals surface area contributed by atoms with E-state index < -0.39 is 0 Å². The summed E-state index contributed by atoms with van der Waals surface area (Å²) >= 11 is 0. The van der Waals surface area contributed by atoms with Gasteiger partial charge >= 0.3 is 0 Å². The van der Waals surface area contributed by atoms with Gasteiger partial charge in [-0.3, -0.25) is 19.6 Å². The zero-order chi connectivity index (χ0) is 24.7. The van der Waals surface area contributed by atoms with Crippen molar-refractivity contribution in [1.29, 1.82) is 0 Å². The highest BCUT2D eigenvalue weighted by Crippen LogP contribution is 2.15. The van der Waals surface area contributed by atoms with Gasteiger partial charge in [0.15, 0.2) is 0 Å². The molecular formula is C32H50N4. The van der Waals surface area contributed by atoms with Crippen LogP contribution in [0.3, 0.4) is 0 Å². The molecule has 198 valence electrons. The van der Waals surface area contributed by atoms with Gasteiger partial charge in [-0.15, -0.1) is 0 Å². The molecule has 4 rings (SSSR count). The van der Waals surface area contributed by atoms with E-state index in [-0.39, 0.29) is 0 Å². The summed E-state index contributed by atoms with van der Waals surface area (Å²) in [4.78, 5) is 10.5. The molecule has 4 nitrogen and oxygen atoms in total. The van der Waals surface area contributed by atoms with Gasteiger partial charge in [-0.05, 0) is 37.1 Å². The van der Waals surface area contributed by atoms with Gasteiger partial charge in [0.1, 0.15) is 0 Å². The first-order valence-electron chi connectivity index (χ1n) is 14.8. The monoisotopic (exact) mass is 490 g/mol. The largest absolute Gasteiger partial charge is 0.289 e. The molecule has 0 amide bonds. The van der Waals surface area contributed by atoms with E-state index in [0.717, 1.165) is 26.4 Å². The van der Waals surface area contributed by atoms with E-state index in [1.54, 1.807) is 0 Å². The second kappa shape index (κ2) is 16.2. The molecule has 2 aliphatic heterocycles. The molecule has 0 aliphatic carbocycles. The molecule has 0 N–H and O–H groups in total. The molecule has 0 aromatic heterocycles. The van der Waals surface area contributed by atoms with Crippen molar-refractivity contribution in [2.75, 3.05) is 52.6 Å². The Kier molecular flexibility index (Phi) is 12.3. The fourth-order valence-electron chi connectivity index (χ4n) is 5.81. The first-order valence-corrected chi connectivity index (χ1v) is 14.8. The Morgan fingerprint density at radius 1 is 0.389 bits per heavy atom. The van der Waals surface area contributed by atoms with Gasteiger partial charge in [0.25, 0.3) is 0 Å². The summed E-state index contributed by atoms with van der Waals surface area (Å²) in [6, 6.07) is 21.8. The number of hydrogen-bond acceptors (Lipinski definition) is 4. The van der Waals surface area contributed by atoms with Crippen molar-refractivity contribution in [3.63, 3.8) is 0 Å². The van der Waals surface area contributed by atoms with Crippen LogP contribution in [0.2, 0.25) is 0 Å². The van der Waals surface area contributed by atoms with Crippen molar-refractivity contribution >= 4 is 0 Å². The Morgan fingerprint density at radius 3 is 1.11 bits per heavy atom. The van der Waals surface area contributed by atoms with Crippen molar-refractivity contribution in [3.8, 4) is 0 Å². The molecule has 0 radical (unpaired) electrons. The van der Waals surface area contributed by atoms with Crippen molar-refractivity contribution in [2.24, 2.45) is 0 Å². The number of hydrogen-bond donors (Lipinski definition) is 0. The summed E-state index contributed by atoms with van der Waals surface area (Å²) in [6.45, 7) is 12.0. The van der Waals surface area contributed by atoms with Crippen LogP contribution in [-0.4, -0.2) is 72.2 Å². The molecule has 2 saturated heterocycles. The topological polar surface area (TPSA) is 13.0 Å². The molecule has 2 heterocycles. The highest BCUT2D eigenvalue weighted by molar-refractivity contribution is 5.15. The van der Waals surface area contributed by atoms with Crippen LogP contribution >= 0.6 is 0 Å². The Labute approximate surface area is 221 Å². The number of unbranched alkanes of at least 4 members (excludes halogenated alkanes) is 9. The second-order valence-corrected chi connectivity index (χ2v) is 11.1. The van der Waals surface area contributed by atoms with E-state index >= 15 is 0 Å². The smallest absolute Gasteiger partial charge is 0.0510 e. The maximum absolute atomic E-state index is 2.64. The van der Waals surface area contributed by atoms with Crippen LogP contribution in [0.5, 0.6) is 0 Å².